The van der Waals surface area contributed by atoms with Crippen LogP contribution in [0.3, 0.4) is 0 Å². The van der Waals surface area contributed by atoms with Crippen LogP contribution in [0.2, 0.25) is 0 Å². The Balaban J connectivity index is 2.35. The Labute approximate surface area is 103 Å². The summed E-state index contributed by atoms with van der Waals surface area (Å²) in [6.07, 6.45) is 7.40. The van der Waals surface area contributed by atoms with Crippen molar-refractivity contribution in [1.29, 1.82) is 0 Å². The molecule has 0 spiro atoms. The Kier molecular flexibility index (Phi) is 3.43. The van der Waals surface area contributed by atoms with Gasteiger partial charge in [0, 0.05) is 6.20 Å². The summed E-state index contributed by atoms with van der Waals surface area (Å²) >= 11 is 0. The second-order valence-electron chi connectivity index (χ2n) is 4.26. The van der Waals surface area contributed by atoms with Crippen molar-refractivity contribution in [2.75, 3.05) is 0 Å². The van der Waals surface area contributed by atoms with Crippen molar-refractivity contribution in [2.24, 2.45) is 0 Å². The summed E-state index contributed by atoms with van der Waals surface area (Å²) in [7, 11) is 0. The number of hydrogen-bond acceptors (Lipinski definition) is 1. The van der Waals surface area contributed by atoms with Crippen molar-refractivity contribution in [1.82, 2.24) is 9.78 Å². The van der Waals surface area contributed by atoms with Gasteiger partial charge in [0.2, 0.25) is 0 Å². The van der Waals surface area contributed by atoms with Crippen LogP contribution in [0.4, 0.5) is 0 Å². The second-order valence-corrected chi connectivity index (χ2v) is 4.26. The third kappa shape index (κ3) is 2.64. The molecule has 17 heavy (non-hydrogen) atoms. The average Bonchev–Trinajstić information content (AvgIpc) is 2.73. The Morgan fingerprint density at radius 1 is 1.24 bits per heavy atom. The molecular formula is C15H18N2. The molecule has 88 valence electrons. The number of aryl methyl sites for hydroxylation is 2. The van der Waals surface area contributed by atoms with Gasteiger partial charge in [-0.3, -0.25) is 0 Å². The van der Waals surface area contributed by atoms with Gasteiger partial charge in [0.25, 0.3) is 0 Å². The lowest BCUT2D eigenvalue weighted by atomic mass is 10.1. The van der Waals surface area contributed by atoms with Crippen LogP contribution in [-0.2, 0) is 0 Å². The monoisotopic (exact) mass is 226 g/mol. The second kappa shape index (κ2) is 5.00. The fourth-order valence-electron chi connectivity index (χ4n) is 1.84. The highest BCUT2D eigenvalue weighted by molar-refractivity contribution is 5.54. The molecule has 2 nitrogen and oxygen atoms in total. The summed E-state index contributed by atoms with van der Waals surface area (Å²) in [5.41, 5.74) is 4.68. The molecular weight excluding hydrogens is 208 g/mol. The molecule has 2 heteroatoms. The molecule has 2 aromatic rings. The first-order chi connectivity index (χ1) is 8.20. The maximum Gasteiger partial charge on any atom is 0.0675 e. The van der Waals surface area contributed by atoms with Crippen LogP contribution in [0.25, 0.3) is 11.8 Å². The van der Waals surface area contributed by atoms with Crippen LogP contribution >= 0.6 is 0 Å². The molecule has 0 aliphatic carbocycles. The van der Waals surface area contributed by atoms with E-state index >= 15 is 0 Å². The molecule has 2 rings (SSSR count). The molecule has 0 bridgehead atoms. The standard InChI is InChI=1S/C15H18N2/c1-4-5-6-14-7-8-15(12(2)11-14)17-10-9-13(3)16-17/h5-11H,4H2,1-3H3. The van der Waals surface area contributed by atoms with Crippen LogP contribution in [0.5, 0.6) is 0 Å². The van der Waals surface area contributed by atoms with Crippen molar-refractivity contribution in [3.8, 4) is 5.69 Å². The maximum atomic E-state index is 4.43. The highest BCUT2D eigenvalue weighted by atomic mass is 15.3. The van der Waals surface area contributed by atoms with Crippen LogP contribution in [0.1, 0.15) is 30.2 Å². The Bertz CT molecular complexity index is 536. The van der Waals surface area contributed by atoms with Gasteiger partial charge in [-0.25, -0.2) is 4.68 Å². The van der Waals surface area contributed by atoms with Gasteiger partial charge in [0.05, 0.1) is 11.4 Å². The lowest BCUT2D eigenvalue weighted by Crippen LogP contribution is -1.98. The molecule has 0 unspecified atom stereocenters. The lowest BCUT2D eigenvalue weighted by Gasteiger charge is -2.06. The van der Waals surface area contributed by atoms with E-state index in [0.29, 0.717) is 0 Å². The van der Waals surface area contributed by atoms with Crippen molar-refractivity contribution in [3.05, 3.63) is 53.4 Å². The summed E-state index contributed by atoms with van der Waals surface area (Å²) in [5.74, 6) is 0. The topological polar surface area (TPSA) is 17.8 Å². The third-order valence-corrected chi connectivity index (χ3v) is 2.74. The van der Waals surface area contributed by atoms with Crippen LogP contribution in [0.15, 0.2) is 36.5 Å². The summed E-state index contributed by atoms with van der Waals surface area (Å²) in [6.45, 7) is 6.27. The molecule has 1 heterocycles. The minimum atomic E-state index is 1.04. The van der Waals surface area contributed by atoms with Crippen LogP contribution in [0, 0.1) is 13.8 Å². The van der Waals surface area contributed by atoms with Crippen molar-refractivity contribution < 1.29 is 0 Å². The average molecular weight is 226 g/mol. The Hall–Kier alpha value is -1.83. The minimum Gasteiger partial charge on any atom is -0.240 e. The van der Waals surface area contributed by atoms with Crippen LogP contribution in [-0.4, -0.2) is 9.78 Å². The minimum absolute atomic E-state index is 1.04. The zero-order valence-corrected chi connectivity index (χ0v) is 10.6. The predicted octanol–water partition coefficient (Wildman–Crippen LogP) is 3.91. The maximum absolute atomic E-state index is 4.43. The SMILES string of the molecule is CCC=Cc1ccc(-n2ccc(C)n2)c(C)c1. The largest absolute Gasteiger partial charge is 0.240 e. The first-order valence-electron chi connectivity index (χ1n) is 6.00. The van der Waals surface area contributed by atoms with E-state index < -0.39 is 0 Å². The summed E-state index contributed by atoms with van der Waals surface area (Å²) in [4.78, 5) is 0. The molecule has 0 N–H and O–H groups in total. The van der Waals surface area contributed by atoms with Gasteiger partial charge in [-0.05, 0) is 49.6 Å². The molecule has 0 saturated carbocycles. The summed E-state index contributed by atoms with van der Waals surface area (Å²) in [5, 5.41) is 4.43. The zero-order chi connectivity index (χ0) is 12.3. The van der Waals surface area contributed by atoms with Gasteiger partial charge >= 0.3 is 0 Å². The molecule has 0 aliphatic rings. The van der Waals surface area contributed by atoms with Crippen LogP contribution < -0.4 is 0 Å². The summed E-state index contributed by atoms with van der Waals surface area (Å²) < 4.78 is 1.93. The van der Waals surface area contributed by atoms with Gasteiger partial charge in [0.15, 0.2) is 0 Å². The van der Waals surface area contributed by atoms with E-state index in [-0.39, 0.29) is 0 Å². The highest BCUT2D eigenvalue weighted by Gasteiger charge is 2.02. The lowest BCUT2D eigenvalue weighted by molar-refractivity contribution is 0.855. The number of rotatable bonds is 3. The fraction of sp³-hybridized carbons (Fsp3) is 0.267. The van der Waals surface area contributed by atoms with Gasteiger partial charge in [0.1, 0.15) is 0 Å². The summed E-state index contributed by atoms with van der Waals surface area (Å²) in [6, 6.07) is 8.46. The van der Waals surface area contributed by atoms with E-state index in [9.17, 15) is 0 Å². The predicted molar refractivity (Wildman–Crippen MR) is 72.4 cm³/mol. The molecule has 0 atom stereocenters. The molecule has 0 saturated heterocycles. The van der Waals surface area contributed by atoms with Crippen molar-refractivity contribution >= 4 is 6.08 Å². The first-order valence-corrected chi connectivity index (χ1v) is 6.00. The van der Waals surface area contributed by atoms with Crippen molar-refractivity contribution in [3.63, 3.8) is 0 Å². The van der Waals surface area contributed by atoms with Gasteiger partial charge in [-0.1, -0.05) is 25.1 Å². The Morgan fingerprint density at radius 3 is 2.65 bits per heavy atom. The molecule has 0 fully saturated rings. The van der Waals surface area contributed by atoms with Gasteiger partial charge in [-0.2, -0.15) is 5.10 Å². The van der Waals surface area contributed by atoms with E-state index in [1.165, 1.54) is 11.1 Å². The van der Waals surface area contributed by atoms with E-state index in [1.54, 1.807) is 0 Å². The highest BCUT2D eigenvalue weighted by Crippen LogP contribution is 2.16. The number of aromatic nitrogens is 2. The Morgan fingerprint density at radius 2 is 2.06 bits per heavy atom. The molecule has 1 aromatic heterocycles. The number of allylic oxidation sites excluding steroid dienone is 1. The normalized spacial score (nSPS) is 11.2. The van der Waals surface area contributed by atoms with E-state index in [1.807, 2.05) is 23.9 Å². The van der Waals surface area contributed by atoms with Gasteiger partial charge in [-0.15, -0.1) is 0 Å². The third-order valence-electron chi connectivity index (χ3n) is 2.74. The molecule has 0 amide bonds. The quantitative estimate of drug-likeness (QED) is 0.775. The zero-order valence-electron chi connectivity index (χ0n) is 10.6. The fourth-order valence-corrected chi connectivity index (χ4v) is 1.84. The number of hydrogen-bond donors (Lipinski definition) is 0. The van der Waals surface area contributed by atoms with E-state index in [0.717, 1.165) is 17.8 Å². The van der Waals surface area contributed by atoms with Gasteiger partial charge < -0.3 is 0 Å². The first kappa shape index (κ1) is 11.6. The smallest absolute Gasteiger partial charge is 0.0675 e. The molecule has 1 aromatic carbocycles. The number of benzene rings is 1. The van der Waals surface area contributed by atoms with E-state index in [2.05, 4.69) is 49.3 Å². The number of nitrogens with zero attached hydrogens (tertiary/aromatic N) is 2. The van der Waals surface area contributed by atoms with E-state index in [4.69, 9.17) is 0 Å². The molecule has 0 aliphatic heterocycles. The molecule has 0 radical (unpaired) electrons. The van der Waals surface area contributed by atoms with Crippen molar-refractivity contribution in [2.45, 2.75) is 27.2 Å².